The zero-order valence-electron chi connectivity index (χ0n) is 3.39. The largest absolute Gasteiger partial charge is 0.411 e. The van der Waals surface area contributed by atoms with Crippen molar-refractivity contribution < 1.29 is 5.21 Å². The van der Waals surface area contributed by atoms with E-state index in [1.54, 1.807) is 0 Å². The smallest absolute Gasteiger partial charge is 0.0608 e. The van der Waals surface area contributed by atoms with Gasteiger partial charge in [-0.1, -0.05) is 5.16 Å². The van der Waals surface area contributed by atoms with E-state index in [0.717, 1.165) is 18.6 Å². The number of hydrogen-bond acceptors (Lipinski definition) is 2. The van der Waals surface area contributed by atoms with E-state index in [4.69, 9.17) is 5.21 Å². The molecular weight excluding hydrogens is 78.0 g/mol. The molecule has 1 rings (SSSR count). The van der Waals surface area contributed by atoms with Crippen molar-refractivity contribution in [1.29, 1.82) is 0 Å². The Bertz CT molecular complexity index is 71.6. The summed E-state index contributed by atoms with van der Waals surface area (Å²) in [5.41, 5.74) is 0.829. The summed E-state index contributed by atoms with van der Waals surface area (Å²) in [6, 6.07) is 0. The van der Waals surface area contributed by atoms with Gasteiger partial charge in [0.25, 0.3) is 0 Å². The van der Waals surface area contributed by atoms with Crippen LogP contribution in [0.4, 0.5) is 0 Å². The first-order valence-electron chi connectivity index (χ1n) is 1.97. The van der Waals surface area contributed by atoms with Crippen molar-refractivity contribution in [3.63, 3.8) is 0 Å². The van der Waals surface area contributed by atoms with Gasteiger partial charge in [0.05, 0.1) is 5.71 Å². The molecule has 0 heterocycles. The summed E-state index contributed by atoms with van der Waals surface area (Å²) < 4.78 is 0. The van der Waals surface area contributed by atoms with E-state index < -0.39 is 0 Å². The summed E-state index contributed by atoms with van der Waals surface area (Å²) in [6.07, 6.45) is 3.94. The van der Waals surface area contributed by atoms with Crippen LogP contribution in [0, 0.1) is 6.42 Å². The first-order valence-corrected chi connectivity index (χ1v) is 1.97. The van der Waals surface area contributed by atoms with Crippen LogP contribution in [0.1, 0.15) is 12.8 Å². The SMILES string of the molecule is ON=C1[CH]CC1. The van der Waals surface area contributed by atoms with Crippen molar-refractivity contribution >= 4 is 5.71 Å². The Labute approximate surface area is 36.5 Å². The Kier molecular flexibility index (Phi) is 0.783. The molecule has 2 nitrogen and oxygen atoms in total. The molecule has 0 bridgehead atoms. The Morgan fingerprint density at radius 1 is 1.83 bits per heavy atom. The lowest BCUT2D eigenvalue weighted by Gasteiger charge is -2.09. The molecule has 1 aliphatic rings. The molecule has 0 aliphatic heterocycles. The monoisotopic (exact) mass is 84.0 g/mol. The van der Waals surface area contributed by atoms with E-state index >= 15 is 0 Å². The standard InChI is InChI=1S/C4H6NO/c6-5-4-2-1-3-4/h2,6H,1,3H2. The number of rotatable bonds is 0. The van der Waals surface area contributed by atoms with Gasteiger partial charge in [0.1, 0.15) is 0 Å². The van der Waals surface area contributed by atoms with Crippen LogP contribution in [0.5, 0.6) is 0 Å². The van der Waals surface area contributed by atoms with Crippen LogP contribution in [0.2, 0.25) is 0 Å². The zero-order valence-corrected chi connectivity index (χ0v) is 3.39. The maximum absolute atomic E-state index is 7.94. The molecule has 2 heteroatoms. The van der Waals surface area contributed by atoms with Gasteiger partial charge < -0.3 is 5.21 Å². The second-order valence-electron chi connectivity index (χ2n) is 1.33. The van der Waals surface area contributed by atoms with Gasteiger partial charge in [-0.3, -0.25) is 0 Å². The van der Waals surface area contributed by atoms with Crippen LogP contribution in [0.25, 0.3) is 0 Å². The topological polar surface area (TPSA) is 32.6 Å². The van der Waals surface area contributed by atoms with E-state index in [1.165, 1.54) is 0 Å². The predicted octanol–water partition coefficient (Wildman–Crippen LogP) is 0.815. The number of hydrogen-bond donors (Lipinski definition) is 1. The molecule has 0 aromatic rings. The molecule has 0 saturated heterocycles. The van der Waals surface area contributed by atoms with Crippen molar-refractivity contribution in [3.05, 3.63) is 6.42 Å². The molecule has 0 amide bonds. The molecule has 1 N–H and O–H groups in total. The van der Waals surface area contributed by atoms with Crippen LogP contribution in [0.15, 0.2) is 5.16 Å². The molecule has 1 aliphatic carbocycles. The van der Waals surface area contributed by atoms with Crippen molar-refractivity contribution in [2.24, 2.45) is 5.16 Å². The summed E-state index contributed by atoms with van der Waals surface area (Å²) in [5.74, 6) is 0. The number of oxime groups is 1. The second kappa shape index (κ2) is 1.29. The van der Waals surface area contributed by atoms with Gasteiger partial charge in [0, 0.05) is 6.42 Å². The lowest BCUT2D eigenvalue weighted by atomic mass is 9.98. The number of nitrogens with zero attached hydrogens (tertiary/aromatic N) is 1. The lowest BCUT2D eigenvalue weighted by Crippen LogP contribution is -2.09. The fourth-order valence-corrected chi connectivity index (χ4v) is 0.364. The third-order valence-electron chi connectivity index (χ3n) is 0.909. The van der Waals surface area contributed by atoms with Gasteiger partial charge in [-0.2, -0.15) is 0 Å². The Morgan fingerprint density at radius 3 is 2.50 bits per heavy atom. The highest BCUT2D eigenvalue weighted by Crippen LogP contribution is 2.11. The van der Waals surface area contributed by atoms with E-state index in [9.17, 15) is 0 Å². The van der Waals surface area contributed by atoms with Gasteiger partial charge >= 0.3 is 0 Å². The minimum atomic E-state index is 0.829. The molecule has 1 saturated carbocycles. The minimum absolute atomic E-state index is 0.829. The van der Waals surface area contributed by atoms with Crippen LogP contribution >= 0.6 is 0 Å². The summed E-state index contributed by atoms with van der Waals surface area (Å²) >= 11 is 0. The first-order chi connectivity index (χ1) is 2.93. The summed E-state index contributed by atoms with van der Waals surface area (Å²) in [7, 11) is 0. The average molecular weight is 84.1 g/mol. The molecule has 1 radical (unpaired) electrons. The molecule has 6 heavy (non-hydrogen) atoms. The molecule has 0 spiro atoms. The van der Waals surface area contributed by atoms with Crippen molar-refractivity contribution in [1.82, 2.24) is 0 Å². The van der Waals surface area contributed by atoms with Gasteiger partial charge in [0.2, 0.25) is 0 Å². The Hall–Kier alpha value is -0.530. The predicted molar refractivity (Wildman–Crippen MR) is 22.8 cm³/mol. The molecule has 1 fully saturated rings. The lowest BCUT2D eigenvalue weighted by molar-refractivity contribution is 0.316. The third kappa shape index (κ3) is 0.379. The van der Waals surface area contributed by atoms with E-state index in [1.807, 2.05) is 6.42 Å². The third-order valence-corrected chi connectivity index (χ3v) is 0.909. The summed E-state index contributed by atoms with van der Waals surface area (Å²) in [4.78, 5) is 0. The Morgan fingerprint density at radius 2 is 2.50 bits per heavy atom. The second-order valence-corrected chi connectivity index (χ2v) is 1.33. The van der Waals surface area contributed by atoms with Crippen LogP contribution in [-0.4, -0.2) is 10.9 Å². The minimum Gasteiger partial charge on any atom is -0.411 e. The van der Waals surface area contributed by atoms with Crippen LogP contribution in [-0.2, 0) is 0 Å². The molecule has 0 aromatic heterocycles. The quantitative estimate of drug-likeness (QED) is 0.342. The van der Waals surface area contributed by atoms with Gasteiger partial charge in [0.15, 0.2) is 0 Å². The average Bonchev–Trinajstić information content (AvgIpc) is 1.31. The summed E-state index contributed by atoms with van der Waals surface area (Å²) in [5, 5.41) is 10.9. The molecular formula is C4H6NO. The zero-order chi connectivity index (χ0) is 4.41. The normalized spacial score (nSPS) is 27.0. The maximum Gasteiger partial charge on any atom is 0.0608 e. The van der Waals surface area contributed by atoms with E-state index in [2.05, 4.69) is 5.16 Å². The molecule has 0 unspecified atom stereocenters. The summed E-state index contributed by atoms with van der Waals surface area (Å²) in [6.45, 7) is 0. The van der Waals surface area contributed by atoms with Crippen molar-refractivity contribution in [2.75, 3.05) is 0 Å². The van der Waals surface area contributed by atoms with Gasteiger partial charge in [-0.05, 0) is 12.8 Å². The first kappa shape index (κ1) is 3.65. The van der Waals surface area contributed by atoms with Gasteiger partial charge in [-0.15, -0.1) is 0 Å². The van der Waals surface area contributed by atoms with E-state index in [-0.39, 0.29) is 0 Å². The Balaban J connectivity index is 2.34. The van der Waals surface area contributed by atoms with E-state index in [0.29, 0.717) is 0 Å². The maximum atomic E-state index is 7.94. The van der Waals surface area contributed by atoms with Crippen molar-refractivity contribution in [2.45, 2.75) is 12.8 Å². The highest BCUT2D eigenvalue weighted by atomic mass is 16.4. The highest BCUT2D eigenvalue weighted by molar-refractivity contribution is 5.97. The van der Waals surface area contributed by atoms with Crippen LogP contribution < -0.4 is 0 Å². The van der Waals surface area contributed by atoms with Crippen LogP contribution in [0.3, 0.4) is 0 Å². The fraction of sp³-hybridized carbons (Fsp3) is 0.500. The molecule has 0 aromatic carbocycles. The van der Waals surface area contributed by atoms with Gasteiger partial charge in [-0.25, -0.2) is 0 Å². The fourth-order valence-electron chi connectivity index (χ4n) is 0.364. The highest BCUT2D eigenvalue weighted by Gasteiger charge is 2.09. The molecule has 0 atom stereocenters. The molecule has 33 valence electrons. The van der Waals surface area contributed by atoms with Crippen molar-refractivity contribution in [3.8, 4) is 0 Å².